The Morgan fingerprint density at radius 2 is 2.40 bits per heavy atom. The molecule has 0 amide bonds. The second-order valence-corrected chi connectivity index (χ2v) is 4.58. The van der Waals surface area contributed by atoms with Crippen molar-refractivity contribution in [2.45, 2.75) is 23.9 Å². The van der Waals surface area contributed by atoms with E-state index in [1.807, 2.05) is 7.05 Å². The van der Waals surface area contributed by atoms with Gasteiger partial charge in [0.15, 0.2) is 0 Å². The average Bonchev–Trinajstić information content (AvgIpc) is 2.63. The minimum absolute atomic E-state index is 0.356. The standard InChI is InChI=1S/C8H17N5OS/c1-7(6-14-3)15-8-10-11-12-13(8)5-4-9-2/h7,9H,4-6H2,1-3H3. The third kappa shape index (κ3) is 4.15. The van der Waals surface area contributed by atoms with Crippen molar-refractivity contribution in [2.24, 2.45) is 0 Å². The van der Waals surface area contributed by atoms with Gasteiger partial charge < -0.3 is 10.1 Å². The number of tetrazole rings is 1. The third-order valence-electron chi connectivity index (χ3n) is 1.78. The molecular weight excluding hydrogens is 214 g/mol. The molecule has 86 valence electrons. The Kier molecular flexibility index (Phi) is 5.59. The van der Waals surface area contributed by atoms with E-state index < -0.39 is 0 Å². The van der Waals surface area contributed by atoms with Crippen molar-refractivity contribution in [1.82, 2.24) is 25.5 Å². The number of nitrogens with one attached hydrogen (secondary N) is 1. The largest absolute Gasteiger partial charge is 0.384 e. The molecular formula is C8H17N5OS. The van der Waals surface area contributed by atoms with Crippen molar-refractivity contribution >= 4 is 11.8 Å². The van der Waals surface area contributed by atoms with Gasteiger partial charge in [-0.25, -0.2) is 4.68 Å². The zero-order valence-corrected chi connectivity index (χ0v) is 10.1. The summed E-state index contributed by atoms with van der Waals surface area (Å²) in [7, 11) is 3.60. The van der Waals surface area contributed by atoms with E-state index in [0.717, 1.165) is 18.2 Å². The molecule has 15 heavy (non-hydrogen) atoms. The topological polar surface area (TPSA) is 64.9 Å². The van der Waals surface area contributed by atoms with Crippen LogP contribution in [-0.4, -0.2) is 52.8 Å². The molecule has 1 heterocycles. The van der Waals surface area contributed by atoms with Crippen LogP contribution >= 0.6 is 11.8 Å². The number of ether oxygens (including phenoxy) is 1. The predicted molar refractivity (Wildman–Crippen MR) is 58.9 cm³/mol. The summed E-state index contributed by atoms with van der Waals surface area (Å²) in [6.45, 7) is 4.43. The molecule has 6 nitrogen and oxygen atoms in total. The number of methoxy groups -OCH3 is 1. The van der Waals surface area contributed by atoms with Crippen LogP contribution < -0.4 is 5.32 Å². The van der Waals surface area contributed by atoms with Crippen LogP contribution in [0.5, 0.6) is 0 Å². The van der Waals surface area contributed by atoms with Crippen molar-refractivity contribution in [2.75, 3.05) is 27.3 Å². The molecule has 0 saturated heterocycles. The number of hydrogen-bond donors (Lipinski definition) is 1. The fourth-order valence-corrected chi connectivity index (χ4v) is 1.98. The van der Waals surface area contributed by atoms with Gasteiger partial charge >= 0.3 is 0 Å². The number of rotatable bonds is 7. The van der Waals surface area contributed by atoms with E-state index in [-0.39, 0.29) is 0 Å². The van der Waals surface area contributed by atoms with Gasteiger partial charge in [0.2, 0.25) is 5.16 Å². The molecule has 1 unspecified atom stereocenters. The van der Waals surface area contributed by atoms with Crippen molar-refractivity contribution in [3.8, 4) is 0 Å². The van der Waals surface area contributed by atoms with Gasteiger partial charge in [0.1, 0.15) is 0 Å². The van der Waals surface area contributed by atoms with Gasteiger partial charge in [-0.15, -0.1) is 5.10 Å². The normalized spacial score (nSPS) is 13.0. The minimum atomic E-state index is 0.356. The maximum Gasteiger partial charge on any atom is 0.209 e. The highest BCUT2D eigenvalue weighted by Gasteiger charge is 2.10. The Labute approximate surface area is 93.8 Å². The van der Waals surface area contributed by atoms with Crippen LogP contribution in [0.15, 0.2) is 5.16 Å². The highest BCUT2D eigenvalue weighted by Crippen LogP contribution is 2.19. The summed E-state index contributed by atoms with van der Waals surface area (Å²) in [5, 5.41) is 15.8. The molecule has 1 N–H and O–H groups in total. The van der Waals surface area contributed by atoms with Crippen LogP contribution in [0.25, 0.3) is 0 Å². The maximum atomic E-state index is 5.06. The number of nitrogens with zero attached hydrogens (tertiary/aromatic N) is 4. The summed E-state index contributed by atoms with van der Waals surface area (Å²) in [6.07, 6.45) is 0. The zero-order valence-electron chi connectivity index (χ0n) is 9.30. The molecule has 0 aromatic carbocycles. The van der Waals surface area contributed by atoms with Crippen molar-refractivity contribution in [3.63, 3.8) is 0 Å². The van der Waals surface area contributed by atoms with Gasteiger partial charge in [0.05, 0.1) is 13.2 Å². The van der Waals surface area contributed by atoms with Crippen LogP contribution in [0.2, 0.25) is 0 Å². The second kappa shape index (κ2) is 6.76. The molecule has 0 saturated carbocycles. The number of thioether (sulfide) groups is 1. The van der Waals surface area contributed by atoms with Gasteiger partial charge in [-0.1, -0.05) is 18.7 Å². The van der Waals surface area contributed by atoms with E-state index in [4.69, 9.17) is 4.74 Å². The summed E-state index contributed by atoms with van der Waals surface area (Å²) >= 11 is 1.63. The van der Waals surface area contributed by atoms with Crippen LogP contribution in [0.4, 0.5) is 0 Å². The second-order valence-electron chi connectivity index (χ2n) is 3.17. The molecule has 0 fully saturated rings. The molecule has 0 bridgehead atoms. The quantitative estimate of drug-likeness (QED) is 0.667. The fraction of sp³-hybridized carbons (Fsp3) is 0.875. The van der Waals surface area contributed by atoms with E-state index in [2.05, 4.69) is 27.8 Å². The summed E-state index contributed by atoms with van der Waals surface area (Å²) in [5.41, 5.74) is 0. The Balaban J connectivity index is 2.48. The van der Waals surface area contributed by atoms with E-state index in [9.17, 15) is 0 Å². The number of aromatic nitrogens is 4. The number of likely N-dealkylation sites (N-methyl/N-ethyl adjacent to an activating group) is 1. The Morgan fingerprint density at radius 3 is 3.07 bits per heavy atom. The molecule has 0 spiro atoms. The first-order valence-corrected chi connectivity index (χ1v) is 5.72. The molecule has 1 rings (SSSR count). The first-order chi connectivity index (χ1) is 7.27. The Morgan fingerprint density at radius 1 is 1.60 bits per heavy atom. The highest BCUT2D eigenvalue weighted by molar-refractivity contribution is 7.99. The van der Waals surface area contributed by atoms with Crippen molar-refractivity contribution < 1.29 is 4.74 Å². The highest BCUT2D eigenvalue weighted by atomic mass is 32.2. The minimum Gasteiger partial charge on any atom is -0.384 e. The molecule has 1 atom stereocenters. The summed E-state index contributed by atoms with van der Waals surface area (Å²) < 4.78 is 6.86. The van der Waals surface area contributed by atoms with Crippen LogP contribution in [-0.2, 0) is 11.3 Å². The molecule has 0 aliphatic rings. The van der Waals surface area contributed by atoms with E-state index in [1.54, 1.807) is 23.6 Å². The van der Waals surface area contributed by atoms with Gasteiger partial charge in [0, 0.05) is 18.9 Å². The van der Waals surface area contributed by atoms with Crippen LogP contribution in [0.3, 0.4) is 0 Å². The van der Waals surface area contributed by atoms with Gasteiger partial charge in [-0.3, -0.25) is 0 Å². The summed E-state index contributed by atoms with van der Waals surface area (Å²) in [4.78, 5) is 0. The number of hydrogen-bond acceptors (Lipinski definition) is 6. The van der Waals surface area contributed by atoms with E-state index in [0.29, 0.717) is 11.9 Å². The molecule has 0 radical (unpaired) electrons. The Bertz CT molecular complexity index is 280. The van der Waals surface area contributed by atoms with Crippen molar-refractivity contribution in [3.05, 3.63) is 0 Å². The smallest absolute Gasteiger partial charge is 0.209 e. The maximum absolute atomic E-state index is 5.06. The monoisotopic (exact) mass is 231 g/mol. The zero-order chi connectivity index (χ0) is 11.1. The van der Waals surface area contributed by atoms with Gasteiger partial charge in [0.25, 0.3) is 0 Å². The molecule has 1 aromatic heterocycles. The molecule has 7 heteroatoms. The fourth-order valence-electron chi connectivity index (χ4n) is 1.09. The summed E-state index contributed by atoms with van der Waals surface area (Å²) in [5.74, 6) is 0. The van der Waals surface area contributed by atoms with Crippen molar-refractivity contribution in [1.29, 1.82) is 0 Å². The molecule has 1 aromatic rings. The lowest BCUT2D eigenvalue weighted by molar-refractivity contribution is 0.203. The van der Waals surface area contributed by atoms with Gasteiger partial charge in [-0.05, 0) is 17.5 Å². The lowest BCUT2D eigenvalue weighted by atomic mass is 10.5. The van der Waals surface area contributed by atoms with Gasteiger partial charge in [-0.2, -0.15) is 0 Å². The Hall–Kier alpha value is -0.660. The lowest BCUT2D eigenvalue weighted by Gasteiger charge is -2.09. The predicted octanol–water partition coefficient (Wildman–Crippen LogP) is 0.0195. The third-order valence-corrected chi connectivity index (χ3v) is 2.82. The average molecular weight is 231 g/mol. The first kappa shape index (κ1) is 12.4. The van der Waals surface area contributed by atoms with E-state index >= 15 is 0 Å². The first-order valence-electron chi connectivity index (χ1n) is 4.84. The summed E-state index contributed by atoms with van der Waals surface area (Å²) in [6, 6.07) is 0. The van der Waals surface area contributed by atoms with Crippen LogP contribution in [0, 0.1) is 0 Å². The van der Waals surface area contributed by atoms with E-state index in [1.165, 1.54) is 0 Å². The lowest BCUT2D eigenvalue weighted by Crippen LogP contribution is -2.17. The molecule has 0 aliphatic carbocycles. The van der Waals surface area contributed by atoms with Crippen LogP contribution in [0.1, 0.15) is 6.92 Å². The molecule has 0 aliphatic heterocycles. The SMILES string of the molecule is CNCCn1nnnc1SC(C)COC.